The highest BCUT2D eigenvalue weighted by Crippen LogP contribution is 2.25. The number of aryl methyl sites for hydroxylation is 1. The van der Waals surface area contributed by atoms with E-state index >= 15 is 0 Å². The third kappa shape index (κ3) is 2.52. The normalized spacial score (nSPS) is 14.9. The summed E-state index contributed by atoms with van der Waals surface area (Å²) in [5.41, 5.74) is 0. The highest BCUT2D eigenvalue weighted by Gasteiger charge is 2.19. The first-order valence-electron chi connectivity index (χ1n) is 3.94. The molecule has 70 valence electrons. The van der Waals surface area contributed by atoms with Gasteiger partial charge in [0.15, 0.2) is 0 Å². The lowest BCUT2D eigenvalue weighted by Crippen LogP contribution is -2.16. The van der Waals surface area contributed by atoms with Crippen LogP contribution >= 0.6 is 11.3 Å². The van der Waals surface area contributed by atoms with E-state index in [1.54, 1.807) is 6.07 Å². The Morgan fingerprint density at radius 3 is 2.69 bits per heavy atom. The molecule has 0 saturated heterocycles. The fourth-order valence-electron chi connectivity index (χ4n) is 1.01. The van der Waals surface area contributed by atoms with Crippen molar-refractivity contribution in [3.63, 3.8) is 0 Å². The van der Waals surface area contributed by atoms with Crippen LogP contribution in [0.25, 0.3) is 0 Å². The molecule has 0 radical (unpaired) electrons. The van der Waals surface area contributed by atoms with Gasteiger partial charge < -0.3 is 10.2 Å². The Labute approximate surface area is 80.9 Å². The lowest BCUT2D eigenvalue weighted by Gasteiger charge is -2.12. The zero-order valence-corrected chi connectivity index (χ0v) is 8.08. The molecule has 0 bridgehead atoms. The van der Waals surface area contributed by atoms with Crippen molar-refractivity contribution in [2.24, 2.45) is 0 Å². The van der Waals surface area contributed by atoms with Crippen LogP contribution in [0.5, 0.6) is 0 Å². The topological polar surface area (TPSA) is 64.2 Å². The molecule has 0 aliphatic carbocycles. The predicted molar refractivity (Wildman–Crippen MR) is 50.3 cm³/mol. The van der Waals surface area contributed by atoms with Crippen LogP contribution in [0.1, 0.15) is 22.3 Å². The molecule has 0 aliphatic heterocycles. The molecule has 0 aromatic carbocycles. The van der Waals surface area contributed by atoms with Gasteiger partial charge >= 0.3 is 0 Å². The van der Waals surface area contributed by atoms with Gasteiger partial charge in [0, 0.05) is 9.75 Å². The maximum atomic E-state index is 9.54. The van der Waals surface area contributed by atoms with E-state index in [4.69, 9.17) is 5.26 Å². The molecular formula is C9H11NO2S. The Morgan fingerprint density at radius 1 is 1.54 bits per heavy atom. The molecule has 4 heteroatoms. The lowest BCUT2D eigenvalue weighted by atomic mass is 10.1. The van der Waals surface area contributed by atoms with Gasteiger partial charge in [0.1, 0.15) is 6.10 Å². The number of aliphatic hydroxyl groups excluding tert-OH is 2. The fourth-order valence-corrected chi connectivity index (χ4v) is 1.93. The van der Waals surface area contributed by atoms with E-state index in [1.807, 2.05) is 19.1 Å². The van der Waals surface area contributed by atoms with Gasteiger partial charge in [-0.05, 0) is 19.1 Å². The summed E-state index contributed by atoms with van der Waals surface area (Å²) in [6, 6.07) is 5.47. The molecular weight excluding hydrogens is 186 g/mol. The van der Waals surface area contributed by atoms with Crippen molar-refractivity contribution >= 4 is 11.3 Å². The van der Waals surface area contributed by atoms with Gasteiger partial charge in [0.2, 0.25) is 0 Å². The van der Waals surface area contributed by atoms with Crippen molar-refractivity contribution < 1.29 is 10.2 Å². The van der Waals surface area contributed by atoms with Crippen LogP contribution in [0, 0.1) is 18.3 Å². The highest BCUT2D eigenvalue weighted by molar-refractivity contribution is 7.12. The number of thiophene rings is 1. The van der Waals surface area contributed by atoms with Crippen molar-refractivity contribution in [3.8, 4) is 6.07 Å². The minimum Gasteiger partial charge on any atom is -0.389 e. The molecule has 2 atom stereocenters. The molecule has 0 saturated carbocycles. The molecule has 0 aliphatic rings. The van der Waals surface area contributed by atoms with Crippen molar-refractivity contribution in [1.82, 2.24) is 0 Å². The monoisotopic (exact) mass is 197 g/mol. The Hall–Kier alpha value is -0.890. The molecule has 1 heterocycles. The van der Waals surface area contributed by atoms with Gasteiger partial charge in [0.25, 0.3) is 0 Å². The van der Waals surface area contributed by atoms with Crippen LogP contribution in [0.15, 0.2) is 12.1 Å². The first-order chi connectivity index (χ1) is 6.15. The molecule has 2 N–H and O–H groups in total. The van der Waals surface area contributed by atoms with Gasteiger partial charge in [-0.3, -0.25) is 0 Å². The second-order valence-electron chi connectivity index (χ2n) is 2.82. The quantitative estimate of drug-likeness (QED) is 0.769. The Kier molecular flexibility index (Phi) is 3.43. The maximum Gasteiger partial charge on any atom is 0.115 e. The van der Waals surface area contributed by atoms with Gasteiger partial charge in [-0.1, -0.05) is 0 Å². The first kappa shape index (κ1) is 10.2. The standard InChI is InChI=1S/C9H11NO2S/c1-6-2-3-8(13-6)9(12)7(11)4-5-10/h2-3,7,9,11-12H,4H2,1H3. The summed E-state index contributed by atoms with van der Waals surface area (Å²) >= 11 is 1.43. The van der Waals surface area contributed by atoms with Crippen LogP contribution in [0.3, 0.4) is 0 Å². The van der Waals surface area contributed by atoms with Crippen molar-refractivity contribution in [1.29, 1.82) is 5.26 Å². The predicted octanol–water partition coefficient (Wildman–Crippen LogP) is 1.36. The highest BCUT2D eigenvalue weighted by atomic mass is 32.1. The fraction of sp³-hybridized carbons (Fsp3) is 0.444. The van der Waals surface area contributed by atoms with E-state index in [0.29, 0.717) is 4.88 Å². The second-order valence-corrected chi connectivity index (χ2v) is 4.14. The summed E-state index contributed by atoms with van der Waals surface area (Å²) in [7, 11) is 0. The molecule has 0 fully saturated rings. The van der Waals surface area contributed by atoms with Crippen molar-refractivity contribution in [2.75, 3.05) is 0 Å². The minimum absolute atomic E-state index is 0.0435. The van der Waals surface area contributed by atoms with Crippen LogP contribution in [-0.4, -0.2) is 16.3 Å². The first-order valence-corrected chi connectivity index (χ1v) is 4.76. The zero-order chi connectivity index (χ0) is 9.84. The third-order valence-corrected chi connectivity index (χ3v) is 2.79. The van der Waals surface area contributed by atoms with E-state index in [0.717, 1.165) is 4.88 Å². The Morgan fingerprint density at radius 2 is 2.23 bits per heavy atom. The van der Waals surface area contributed by atoms with E-state index in [1.165, 1.54) is 11.3 Å². The Bertz CT molecular complexity index is 316. The van der Waals surface area contributed by atoms with E-state index in [9.17, 15) is 10.2 Å². The smallest absolute Gasteiger partial charge is 0.115 e. The van der Waals surface area contributed by atoms with Gasteiger partial charge in [-0.15, -0.1) is 11.3 Å². The third-order valence-electron chi connectivity index (χ3n) is 1.72. The molecule has 3 nitrogen and oxygen atoms in total. The summed E-state index contributed by atoms with van der Waals surface area (Å²) < 4.78 is 0. The van der Waals surface area contributed by atoms with Crippen molar-refractivity contribution in [2.45, 2.75) is 25.6 Å². The Balaban J connectivity index is 2.68. The second kappa shape index (κ2) is 4.38. The van der Waals surface area contributed by atoms with Crippen molar-refractivity contribution in [3.05, 3.63) is 21.9 Å². The zero-order valence-electron chi connectivity index (χ0n) is 7.27. The van der Waals surface area contributed by atoms with E-state index < -0.39 is 12.2 Å². The summed E-state index contributed by atoms with van der Waals surface area (Å²) in [6.07, 6.45) is -1.96. The minimum atomic E-state index is -0.983. The summed E-state index contributed by atoms with van der Waals surface area (Å²) in [6.45, 7) is 1.93. The lowest BCUT2D eigenvalue weighted by molar-refractivity contribution is 0.0238. The number of nitrogens with zero attached hydrogens (tertiary/aromatic N) is 1. The van der Waals surface area contributed by atoms with E-state index in [-0.39, 0.29) is 6.42 Å². The summed E-state index contributed by atoms with van der Waals surface area (Å²) in [4.78, 5) is 1.79. The van der Waals surface area contributed by atoms with Crippen LogP contribution in [0.2, 0.25) is 0 Å². The number of nitriles is 1. The number of aliphatic hydroxyl groups is 2. The average molecular weight is 197 g/mol. The molecule has 13 heavy (non-hydrogen) atoms. The number of hydrogen-bond acceptors (Lipinski definition) is 4. The maximum absolute atomic E-state index is 9.54. The van der Waals surface area contributed by atoms with Crippen LogP contribution < -0.4 is 0 Å². The summed E-state index contributed by atoms with van der Waals surface area (Å²) in [5, 5.41) is 27.2. The molecule has 0 amide bonds. The molecule has 1 aromatic rings. The number of rotatable bonds is 3. The van der Waals surface area contributed by atoms with Crippen LogP contribution in [0.4, 0.5) is 0 Å². The SMILES string of the molecule is Cc1ccc(C(O)C(O)CC#N)s1. The largest absolute Gasteiger partial charge is 0.389 e. The molecule has 0 spiro atoms. The summed E-state index contributed by atoms with van der Waals surface area (Å²) in [5.74, 6) is 0. The van der Waals surface area contributed by atoms with Crippen LogP contribution in [-0.2, 0) is 0 Å². The molecule has 1 aromatic heterocycles. The van der Waals surface area contributed by atoms with E-state index in [2.05, 4.69) is 0 Å². The van der Waals surface area contributed by atoms with Gasteiger partial charge in [-0.2, -0.15) is 5.26 Å². The van der Waals surface area contributed by atoms with Gasteiger partial charge in [0.05, 0.1) is 18.6 Å². The molecule has 2 unspecified atom stereocenters. The van der Waals surface area contributed by atoms with Gasteiger partial charge in [-0.25, -0.2) is 0 Å². The molecule has 1 rings (SSSR count). The average Bonchev–Trinajstić information content (AvgIpc) is 2.51. The number of hydrogen-bond donors (Lipinski definition) is 2.